The van der Waals surface area contributed by atoms with Gasteiger partial charge in [0.25, 0.3) is 0 Å². The summed E-state index contributed by atoms with van der Waals surface area (Å²) in [5.41, 5.74) is 2.26. The average molecular weight is 433 g/mol. The standard InChI is InChI=1S/C18H31N3O.HI/c1-7-19-17(21-14(2)3)20-12-15-9-8-10-16(11-15)13-22-18(4,5)6;/h8-11,14H,7,12-13H2,1-6H3,(H2,19,20,21);1H. The highest BCUT2D eigenvalue weighted by molar-refractivity contribution is 14.0. The van der Waals surface area contributed by atoms with Gasteiger partial charge in [-0.1, -0.05) is 24.3 Å². The molecule has 1 rings (SSSR count). The zero-order valence-corrected chi connectivity index (χ0v) is 17.6. The topological polar surface area (TPSA) is 45.7 Å². The van der Waals surface area contributed by atoms with Gasteiger partial charge in [-0.3, -0.25) is 0 Å². The van der Waals surface area contributed by atoms with E-state index in [1.807, 2.05) is 0 Å². The molecule has 0 unspecified atom stereocenters. The van der Waals surface area contributed by atoms with Crippen molar-refractivity contribution in [2.75, 3.05) is 6.54 Å². The molecule has 0 heterocycles. The van der Waals surface area contributed by atoms with Crippen molar-refractivity contribution in [2.45, 2.75) is 66.3 Å². The van der Waals surface area contributed by atoms with E-state index < -0.39 is 0 Å². The first-order chi connectivity index (χ1) is 10.3. The summed E-state index contributed by atoms with van der Waals surface area (Å²) in [5.74, 6) is 0.855. The van der Waals surface area contributed by atoms with Crippen LogP contribution < -0.4 is 10.6 Å². The number of nitrogens with one attached hydrogen (secondary N) is 2. The molecule has 1 aromatic rings. The van der Waals surface area contributed by atoms with Crippen molar-refractivity contribution in [3.63, 3.8) is 0 Å². The quantitative estimate of drug-likeness (QED) is 0.404. The molecule has 0 spiro atoms. The normalized spacial score (nSPS) is 12.0. The monoisotopic (exact) mass is 433 g/mol. The fourth-order valence-corrected chi connectivity index (χ4v) is 1.88. The van der Waals surface area contributed by atoms with Crippen molar-refractivity contribution in [1.29, 1.82) is 0 Å². The highest BCUT2D eigenvalue weighted by Crippen LogP contribution is 2.13. The third-order valence-corrected chi connectivity index (χ3v) is 2.85. The molecule has 0 radical (unpaired) electrons. The molecule has 0 bridgehead atoms. The number of benzene rings is 1. The molecule has 0 saturated heterocycles. The minimum atomic E-state index is -0.118. The number of aliphatic imine (C=N–C) groups is 1. The summed E-state index contributed by atoms with van der Waals surface area (Å²) in [6.07, 6.45) is 0. The number of nitrogens with zero attached hydrogens (tertiary/aromatic N) is 1. The number of rotatable bonds is 6. The Morgan fingerprint density at radius 3 is 2.43 bits per heavy atom. The summed E-state index contributed by atoms with van der Waals surface area (Å²) in [6.45, 7) is 14.6. The van der Waals surface area contributed by atoms with Crippen LogP contribution in [0.25, 0.3) is 0 Å². The summed E-state index contributed by atoms with van der Waals surface area (Å²) >= 11 is 0. The zero-order chi connectivity index (χ0) is 16.6. The van der Waals surface area contributed by atoms with Crippen molar-refractivity contribution >= 4 is 29.9 Å². The van der Waals surface area contributed by atoms with Crippen LogP contribution in [0.4, 0.5) is 0 Å². The highest BCUT2D eigenvalue weighted by Gasteiger charge is 2.10. The first kappa shape index (κ1) is 22.2. The van der Waals surface area contributed by atoms with Gasteiger partial charge in [0.2, 0.25) is 0 Å². The van der Waals surface area contributed by atoms with E-state index in [0.29, 0.717) is 19.2 Å². The Kier molecular flexibility index (Phi) is 10.5. The number of halogens is 1. The van der Waals surface area contributed by atoms with Gasteiger partial charge in [0.1, 0.15) is 0 Å². The van der Waals surface area contributed by atoms with Gasteiger partial charge >= 0.3 is 0 Å². The van der Waals surface area contributed by atoms with Gasteiger partial charge in [-0.05, 0) is 52.7 Å². The van der Waals surface area contributed by atoms with E-state index >= 15 is 0 Å². The van der Waals surface area contributed by atoms with Gasteiger partial charge in [-0.15, -0.1) is 24.0 Å². The molecule has 0 aliphatic heterocycles. The van der Waals surface area contributed by atoms with Gasteiger partial charge in [0, 0.05) is 12.6 Å². The Balaban J connectivity index is 0.00000484. The predicted molar refractivity (Wildman–Crippen MR) is 109 cm³/mol. The lowest BCUT2D eigenvalue weighted by Crippen LogP contribution is -2.40. The number of hydrogen-bond donors (Lipinski definition) is 2. The second-order valence-corrected chi connectivity index (χ2v) is 6.72. The molecule has 5 heteroatoms. The van der Waals surface area contributed by atoms with Crippen molar-refractivity contribution in [3.05, 3.63) is 35.4 Å². The van der Waals surface area contributed by atoms with Crippen LogP contribution in [-0.2, 0) is 17.9 Å². The number of ether oxygens (including phenoxy) is 1. The van der Waals surface area contributed by atoms with Crippen LogP contribution in [-0.4, -0.2) is 24.1 Å². The second kappa shape index (κ2) is 10.9. The second-order valence-electron chi connectivity index (χ2n) is 6.72. The molecule has 0 aliphatic rings. The van der Waals surface area contributed by atoms with Crippen molar-refractivity contribution in [3.8, 4) is 0 Å². The third kappa shape index (κ3) is 10.5. The lowest BCUT2D eigenvalue weighted by atomic mass is 10.1. The van der Waals surface area contributed by atoms with Crippen LogP contribution in [0.2, 0.25) is 0 Å². The minimum Gasteiger partial charge on any atom is -0.371 e. The Morgan fingerprint density at radius 1 is 1.22 bits per heavy atom. The van der Waals surface area contributed by atoms with E-state index in [9.17, 15) is 0 Å². The number of guanidine groups is 1. The van der Waals surface area contributed by atoms with Crippen molar-refractivity contribution in [1.82, 2.24) is 10.6 Å². The summed E-state index contributed by atoms with van der Waals surface area (Å²) < 4.78 is 5.83. The van der Waals surface area contributed by atoms with Crippen LogP contribution in [0.5, 0.6) is 0 Å². The molecular weight excluding hydrogens is 401 g/mol. The average Bonchev–Trinajstić information content (AvgIpc) is 2.42. The molecule has 0 fully saturated rings. The van der Waals surface area contributed by atoms with Crippen LogP contribution >= 0.6 is 24.0 Å². The molecule has 23 heavy (non-hydrogen) atoms. The SMILES string of the molecule is CCNC(=NCc1cccc(COC(C)(C)C)c1)NC(C)C.I. The van der Waals surface area contributed by atoms with Crippen LogP contribution in [0.3, 0.4) is 0 Å². The molecule has 0 atom stereocenters. The van der Waals surface area contributed by atoms with E-state index in [4.69, 9.17) is 4.74 Å². The van der Waals surface area contributed by atoms with Crippen LogP contribution in [0, 0.1) is 0 Å². The number of hydrogen-bond acceptors (Lipinski definition) is 2. The Bertz CT molecular complexity index is 481. The maximum absolute atomic E-state index is 5.83. The third-order valence-electron chi connectivity index (χ3n) is 2.85. The van der Waals surface area contributed by atoms with Crippen LogP contribution in [0.15, 0.2) is 29.3 Å². The smallest absolute Gasteiger partial charge is 0.191 e. The fourth-order valence-electron chi connectivity index (χ4n) is 1.88. The van der Waals surface area contributed by atoms with Crippen molar-refractivity contribution in [2.24, 2.45) is 4.99 Å². The Morgan fingerprint density at radius 2 is 1.87 bits per heavy atom. The van der Waals surface area contributed by atoms with Crippen LogP contribution in [0.1, 0.15) is 52.7 Å². The maximum atomic E-state index is 5.83. The van der Waals surface area contributed by atoms with Gasteiger partial charge < -0.3 is 15.4 Å². The van der Waals surface area contributed by atoms with E-state index in [0.717, 1.165) is 12.5 Å². The molecule has 1 aromatic carbocycles. The first-order valence-electron chi connectivity index (χ1n) is 8.07. The molecule has 4 nitrogen and oxygen atoms in total. The van der Waals surface area contributed by atoms with Gasteiger partial charge in [-0.25, -0.2) is 4.99 Å². The molecule has 0 aromatic heterocycles. The predicted octanol–water partition coefficient (Wildman–Crippen LogP) is 4.08. The van der Waals surface area contributed by atoms with Gasteiger partial charge in [0.15, 0.2) is 5.96 Å². The largest absolute Gasteiger partial charge is 0.371 e. The first-order valence-corrected chi connectivity index (χ1v) is 8.07. The summed E-state index contributed by atoms with van der Waals surface area (Å²) in [5, 5.41) is 6.58. The summed E-state index contributed by atoms with van der Waals surface area (Å²) in [6, 6.07) is 8.78. The Hall–Kier alpha value is -0.820. The Labute approximate surface area is 158 Å². The molecule has 0 saturated carbocycles. The maximum Gasteiger partial charge on any atom is 0.191 e. The molecule has 2 N–H and O–H groups in total. The van der Waals surface area contributed by atoms with Gasteiger partial charge in [0.05, 0.1) is 18.8 Å². The minimum absolute atomic E-state index is 0. The molecule has 132 valence electrons. The molecule has 0 aliphatic carbocycles. The summed E-state index contributed by atoms with van der Waals surface area (Å²) in [4.78, 5) is 4.63. The molecule has 0 amide bonds. The molecular formula is C18H32IN3O. The summed E-state index contributed by atoms with van der Waals surface area (Å²) in [7, 11) is 0. The van der Waals surface area contributed by atoms with Gasteiger partial charge in [-0.2, -0.15) is 0 Å². The van der Waals surface area contributed by atoms with Crippen molar-refractivity contribution < 1.29 is 4.74 Å². The lowest BCUT2D eigenvalue weighted by molar-refractivity contribution is -0.0149. The zero-order valence-electron chi connectivity index (χ0n) is 15.3. The van der Waals surface area contributed by atoms with E-state index in [2.05, 4.69) is 81.4 Å². The van der Waals surface area contributed by atoms with E-state index in [1.165, 1.54) is 11.1 Å². The van der Waals surface area contributed by atoms with E-state index in [-0.39, 0.29) is 29.6 Å². The fraction of sp³-hybridized carbons (Fsp3) is 0.611. The lowest BCUT2D eigenvalue weighted by Gasteiger charge is -2.19. The highest BCUT2D eigenvalue weighted by atomic mass is 127. The van der Waals surface area contributed by atoms with E-state index in [1.54, 1.807) is 0 Å².